The molecule has 1 aliphatic carbocycles. The van der Waals surface area contributed by atoms with E-state index in [9.17, 15) is 9.59 Å². The van der Waals surface area contributed by atoms with Crippen LogP contribution in [0, 0.1) is 19.8 Å². The zero-order valence-electron chi connectivity index (χ0n) is 16.1. The van der Waals surface area contributed by atoms with Crippen LogP contribution in [0.2, 0.25) is 0 Å². The lowest BCUT2D eigenvalue weighted by Crippen LogP contribution is -2.40. The van der Waals surface area contributed by atoms with Crippen molar-refractivity contribution >= 4 is 33.4 Å². The van der Waals surface area contributed by atoms with Crippen molar-refractivity contribution in [1.82, 2.24) is 14.9 Å². The summed E-state index contributed by atoms with van der Waals surface area (Å²) in [5, 5.41) is 1.02. The fourth-order valence-corrected chi connectivity index (χ4v) is 5.02. The zero-order chi connectivity index (χ0) is 19.1. The van der Waals surface area contributed by atoms with Gasteiger partial charge in [-0.15, -0.1) is 11.3 Å². The molecule has 1 amide bonds. The Labute approximate surface area is 162 Å². The first kappa shape index (κ1) is 18.3. The van der Waals surface area contributed by atoms with E-state index in [1.165, 1.54) is 11.3 Å². The number of rotatable bonds is 4. The Morgan fingerprint density at radius 2 is 1.85 bits per heavy atom. The predicted molar refractivity (Wildman–Crippen MR) is 104 cm³/mol. The number of thiophene rings is 1. The average molecular weight is 388 g/mol. The van der Waals surface area contributed by atoms with Crippen molar-refractivity contribution in [2.24, 2.45) is 5.92 Å². The smallest absolute Gasteiger partial charge is 0.309 e. The number of ether oxygens (including phenoxy) is 1. The first-order chi connectivity index (χ1) is 13.0. The first-order valence-corrected chi connectivity index (χ1v) is 10.5. The van der Waals surface area contributed by atoms with Gasteiger partial charge in [-0.05, 0) is 52.0 Å². The summed E-state index contributed by atoms with van der Waals surface area (Å²) < 4.78 is 5.11. The van der Waals surface area contributed by atoms with Crippen molar-refractivity contribution in [2.45, 2.75) is 52.4 Å². The number of carbonyl (C=O) groups is 2. The molecule has 0 unspecified atom stereocenters. The van der Waals surface area contributed by atoms with Crippen LogP contribution in [0.3, 0.4) is 0 Å². The molecule has 4 rings (SSSR count). The van der Waals surface area contributed by atoms with Crippen LogP contribution < -0.4 is 0 Å². The molecule has 0 bridgehead atoms. The number of hydrogen-bond acceptors (Lipinski definition) is 6. The normalized spacial score (nSPS) is 18.1. The number of esters is 1. The van der Waals surface area contributed by atoms with Crippen molar-refractivity contribution in [3.8, 4) is 0 Å². The topological polar surface area (TPSA) is 72.4 Å². The van der Waals surface area contributed by atoms with Gasteiger partial charge in [0.15, 0.2) is 0 Å². The lowest BCUT2D eigenvalue weighted by Gasteiger charge is -2.30. The van der Waals surface area contributed by atoms with Crippen LogP contribution >= 0.6 is 11.3 Å². The van der Waals surface area contributed by atoms with Crippen molar-refractivity contribution in [3.05, 3.63) is 22.0 Å². The molecule has 0 radical (unpaired) electrons. The Kier molecular flexibility index (Phi) is 4.88. The van der Waals surface area contributed by atoms with Gasteiger partial charge < -0.3 is 9.64 Å². The van der Waals surface area contributed by atoms with E-state index >= 15 is 0 Å². The van der Waals surface area contributed by atoms with E-state index in [1.807, 2.05) is 25.7 Å². The maximum absolute atomic E-state index is 13.1. The molecular formula is C20H25N3O3S. The van der Waals surface area contributed by atoms with Gasteiger partial charge in [0.25, 0.3) is 5.91 Å². The van der Waals surface area contributed by atoms with Crippen LogP contribution in [0.25, 0.3) is 10.2 Å². The van der Waals surface area contributed by atoms with Gasteiger partial charge in [0.05, 0.1) is 23.1 Å². The van der Waals surface area contributed by atoms with Gasteiger partial charge in [0, 0.05) is 24.4 Å². The van der Waals surface area contributed by atoms with Gasteiger partial charge in [-0.3, -0.25) is 9.59 Å². The zero-order valence-corrected chi connectivity index (χ0v) is 16.9. The molecule has 0 aromatic carbocycles. The van der Waals surface area contributed by atoms with Crippen molar-refractivity contribution < 1.29 is 14.3 Å². The monoisotopic (exact) mass is 387 g/mol. The van der Waals surface area contributed by atoms with Crippen LogP contribution in [-0.4, -0.2) is 46.4 Å². The Morgan fingerprint density at radius 1 is 1.15 bits per heavy atom. The quantitative estimate of drug-likeness (QED) is 0.750. The maximum atomic E-state index is 13.1. The molecule has 0 N–H and O–H groups in total. The molecule has 0 atom stereocenters. The highest BCUT2D eigenvalue weighted by Gasteiger charge is 2.32. The molecule has 2 aromatic heterocycles. The lowest BCUT2D eigenvalue weighted by molar-refractivity contribution is -0.149. The fraction of sp³-hybridized carbons (Fsp3) is 0.600. The standard InChI is InChI=1S/C20H25N3O3S/c1-4-26-20(25)14-7-9-23(10-8-14)19(24)16-11(2)15-12(3)21-17(13-5-6-13)22-18(15)27-16/h13-14H,4-10H2,1-3H3. The SMILES string of the molecule is CCOC(=O)C1CCN(C(=O)c2sc3nc(C4CC4)nc(C)c3c2C)CC1. The molecule has 3 heterocycles. The number of carbonyl (C=O) groups excluding carboxylic acids is 2. The molecule has 1 aliphatic heterocycles. The minimum atomic E-state index is -0.138. The van der Waals surface area contributed by atoms with Gasteiger partial charge in [0.1, 0.15) is 10.7 Å². The Balaban J connectivity index is 1.54. The van der Waals surface area contributed by atoms with Crippen molar-refractivity contribution in [1.29, 1.82) is 0 Å². The van der Waals surface area contributed by atoms with Crippen LogP contribution in [-0.2, 0) is 9.53 Å². The van der Waals surface area contributed by atoms with Crippen molar-refractivity contribution in [2.75, 3.05) is 19.7 Å². The number of aromatic nitrogens is 2. The van der Waals surface area contributed by atoms with E-state index in [0.717, 1.165) is 45.0 Å². The predicted octanol–water partition coefficient (Wildman–Crippen LogP) is 3.60. The van der Waals surface area contributed by atoms with Gasteiger partial charge in [-0.1, -0.05) is 0 Å². The van der Waals surface area contributed by atoms with E-state index in [1.54, 1.807) is 0 Å². The highest BCUT2D eigenvalue weighted by Crippen LogP contribution is 2.40. The van der Waals surface area contributed by atoms with Crippen LogP contribution in [0.1, 0.15) is 65.3 Å². The summed E-state index contributed by atoms with van der Waals surface area (Å²) in [4.78, 5) is 38.0. The maximum Gasteiger partial charge on any atom is 0.309 e. The van der Waals surface area contributed by atoms with E-state index in [0.29, 0.717) is 38.5 Å². The third-order valence-electron chi connectivity index (χ3n) is 5.53. The van der Waals surface area contributed by atoms with E-state index in [4.69, 9.17) is 9.72 Å². The molecule has 2 aliphatic rings. The Bertz CT molecular complexity index is 895. The van der Waals surface area contributed by atoms with Crippen molar-refractivity contribution in [3.63, 3.8) is 0 Å². The summed E-state index contributed by atoms with van der Waals surface area (Å²) in [7, 11) is 0. The Morgan fingerprint density at radius 3 is 2.48 bits per heavy atom. The number of likely N-dealkylation sites (tertiary alicyclic amines) is 1. The van der Waals surface area contributed by atoms with E-state index in [-0.39, 0.29) is 17.8 Å². The van der Waals surface area contributed by atoms with Crippen LogP contribution in [0.5, 0.6) is 0 Å². The highest BCUT2D eigenvalue weighted by molar-refractivity contribution is 7.20. The minimum absolute atomic E-state index is 0.0465. The molecule has 27 heavy (non-hydrogen) atoms. The fourth-order valence-electron chi connectivity index (χ4n) is 3.81. The summed E-state index contributed by atoms with van der Waals surface area (Å²) in [5.74, 6) is 1.24. The molecular weight excluding hydrogens is 362 g/mol. The number of aryl methyl sites for hydroxylation is 2. The Hall–Kier alpha value is -2.02. The number of fused-ring (bicyclic) bond motifs is 1. The van der Waals surface area contributed by atoms with E-state index in [2.05, 4.69) is 4.98 Å². The lowest BCUT2D eigenvalue weighted by atomic mass is 9.97. The molecule has 1 saturated carbocycles. The molecule has 144 valence electrons. The number of piperidine rings is 1. The molecule has 2 fully saturated rings. The van der Waals surface area contributed by atoms with Crippen LogP contribution in [0.15, 0.2) is 0 Å². The summed E-state index contributed by atoms with van der Waals surface area (Å²) in [6.45, 7) is 7.41. The number of nitrogens with zero attached hydrogens (tertiary/aromatic N) is 3. The molecule has 2 aromatic rings. The summed E-state index contributed by atoms with van der Waals surface area (Å²) in [6, 6.07) is 0. The third kappa shape index (κ3) is 3.45. The van der Waals surface area contributed by atoms with Gasteiger partial charge in [-0.25, -0.2) is 9.97 Å². The molecule has 1 saturated heterocycles. The second kappa shape index (κ2) is 7.19. The van der Waals surface area contributed by atoms with Gasteiger partial charge in [0.2, 0.25) is 0 Å². The van der Waals surface area contributed by atoms with Crippen LogP contribution in [0.4, 0.5) is 0 Å². The number of hydrogen-bond donors (Lipinski definition) is 0. The first-order valence-electron chi connectivity index (χ1n) is 9.73. The highest BCUT2D eigenvalue weighted by atomic mass is 32.1. The average Bonchev–Trinajstić information content (AvgIpc) is 3.45. The van der Waals surface area contributed by atoms with Gasteiger partial charge in [-0.2, -0.15) is 0 Å². The second-order valence-electron chi connectivity index (χ2n) is 7.50. The van der Waals surface area contributed by atoms with E-state index < -0.39 is 0 Å². The number of amides is 1. The van der Waals surface area contributed by atoms with Gasteiger partial charge >= 0.3 is 5.97 Å². The molecule has 7 heteroatoms. The second-order valence-corrected chi connectivity index (χ2v) is 8.50. The molecule has 6 nitrogen and oxygen atoms in total. The summed E-state index contributed by atoms with van der Waals surface area (Å²) in [6.07, 6.45) is 3.66. The molecule has 0 spiro atoms. The third-order valence-corrected chi connectivity index (χ3v) is 6.70. The largest absolute Gasteiger partial charge is 0.466 e. The summed E-state index contributed by atoms with van der Waals surface area (Å²) in [5.41, 5.74) is 1.95. The summed E-state index contributed by atoms with van der Waals surface area (Å²) >= 11 is 1.48. The minimum Gasteiger partial charge on any atom is -0.466 e.